The minimum atomic E-state index is -0.562. The highest BCUT2D eigenvalue weighted by Gasteiger charge is 2.32. The zero-order valence-electron chi connectivity index (χ0n) is 23.1. The summed E-state index contributed by atoms with van der Waals surface area (Å²) in [5.74, 6) is 1.41. The molecule has 0 amide bonds. The Morgan fingerprint density at radius 1 is 0.950 bits per heavy atom. The van der Waals surface area contributed by atoms with Crippen LogP contribution in [-0.4, -0.2) is 25.8 Å². The van der Waals surface area contributed by atoms with Crippen LogP contribution >= 0.6 is 0 Å². The summed E-state index contributed by atoms with van der Waals surface area (Å²) in [5, 5.41) is 9.94. The average Bonchev–Trinajstić information content (AvgIpc) is 2.96. The van der Waals surface area contributed by atoms with E-state index in [0.29, 0.717) is 41.8 Å². The molecule has 8 heteroatoms. The molecular weight excluding hydrogens is 508 g/mol. The van der Waals surface area contributed by atoms with Gasteiger partial charge in [0.15, 0.2) is 18.1 Å². The third-order valence-corrected chi connectivity index (χ3v) is 6.47. The molecule has 4 rings (SSSR count). The summed E-state index contributed by atoms with van der Waals surface area (Å²) in [5.41, 5.74) is 9.14. The first-order valence-corrected chi connectivity index (χ1v) is 13.5. The van der Waals surface area contributed by atoms with Crippen molar-refractivity contribution in [1.29, 1.82) is 5.26 Å². The molecule has 0 fully saturated rings. The molecule has 1 unspecified atom stereocenters. The van der Waals surface area contributed by atoms with Crippen molar-refractivity contribution in [2.24, 2.45) is 5.73 Å². The van der Waals surface area contributed by atoms with Gasteiger partial charge >= 0.3 is 5.97 Å². The van der Waals surface area contributed by atoms with Gasteiger partial charge in [0.2, 0.25) is 5.88 Å². The Morgan fingerprint density at radius 3 is 2.42 bits per heavy atom. The third-order valence-electron chi connectivity index (χ3n) is 6.47. The Kier molecular flexibility index (Phi) is 9.53. The number of allylic oxidation sites excluding steroid dienone is 1. The highest BCUT2D eigenvalue weighted by molar-refractivity contribution is 5.74. The lowest BCUT2D eigenvalue weighted by Gasteiger charge is -2.27. The van der Waals surface area contributed by atoms with Gasteiger partial charge in [0.1, 0.15) is 28.9 Å². The molecule has 0 radical (unpaired) electrons. The van der Waals surface area contributed by atoms with Crippen LogP contribution in [0.25, 0.3) is 0 Å². The molecule has 0 saturated heterocycles. The lowest BCUT2D eigenvalue weighted by Crippen LogP contribution is -2.22. The molecule has 1 aliphatic rings. The number of esters is 1. The van der Waals surface area contributed by atoms with Crippen molar-refractivity contribution >= 4 is 5.97 Å². The van der Waals surface area contributed by atoms with Gasteiger partial charge < -0.3 is 29.4 Å². The smallest absolute Gasteiger partial charge is 0.349 e. The SMILES string of the molecule is CCCCOc1ccc(C2C(C#N)=C(N)Oc3cc(OC(=O)COc4ccc(CC)cc4)ccc32)cc1OCC. The molecule has 1 aliphatic heterocycles. The Morgan fingerprint density at radius 2 is 1.73 bits per heavy atom. The monoisotopic (exact) mass is 542 g/mol. The number of aryl methyl sites for hydroxylation is 1. The van der Waals surface area contributed by atoms with Crippen LogP contribution in [0.3, 0.4) is 0 Å². The second-order valence-corrected chi connectivity index (χ2v) is 9.23. The number of nitrogens with two attached hydrogens (primary N) is 1. The van der Waals surface area contributed by atoms with Crippen LogP contribution in [0, 0.1) is 11.3 Å². The Bertz CT molecular complexity index is 1410. The van der Waals surface area contributed by atoms with Crippen molar-refractivity contribution in [3.63, 3.8) is 0 Å². The van der Waals surface area contributed by atoms with Gasteiger partial charge in [0.05, 0.1) is 19.1 Å². The van der Waals surface area contributed by atoms with E-state index >= 15 is 0 Å². The zero-order valence-corrected chi connectivity index (χ0v) is 23.1. The van der Waals surface area contributed by atoms with E-state index in [2.05, 4.69) is 19.9 Å². The summed E-state index contributed by atoms with van der Waals surface area (Å²) < 4.78 is 28.6. The minimum absolute atomic E-state index is 0.0106. The summed E-state index contributed by atoms with van der Waals surface area (Å²) in [6, 6.07) is 20.4. The van der Waals surface area contributed by atoms with Crippen LogP contribution in [0.15, 0.2) is 72.1 Å². The number of carbonyl (C=O) groups is 1. The normalized spacial score (nSPS) is 14.0. The van der Waals surface area contributed by atoms with Gasteiger partial charge in [0.25, 0.3) is 0 Å². The van der Waals surface area contributed by atoms with Gasteiger partial charge in [0, 0.05) is 11.6 Å². The molecule has 0 aromatic heterocycles. The molecule has 8 nitrogen and oxygen atoms in total. The number of hydrogen-bond donors (Lipinski definition) is 1. The van der Waals surface area contributed by atoms with Gasteiger partial charge in [-0.1, -0.05) is 44.5 Å². The topological polar surface area (TPSA) is 113 Å². The lowest BCUT2D eigenvalue weighted by molar-refractivity contribution is -0.136. The van der Waals surface area contributed by atoms with Crippen molar-refractivity contribution in [2.45, 2.75) is 46.0 Å². The van der Waals surface area contributed by atoms with E-state index in [9.17, 15) is 10.1 Å². The van der Waals surface area contributed by atoms with E-state index in [0.717, 1.165) is 24.8 Å². The highest BCUT2D eigenvalue weighted by atomic mass is 16.6. The summed E-state index contributed by atoms with van der Waals surface area (Å²) in [6.07, 6.45) is 2.88. The number of nitrogens with zero attached hydrogens (tertiary/aromatic N) is 1. The maximum atomic E-state index is 12.5. The standard InChI is InChI=1S/C32H34N2O6/c1-4-7-16-37-27-15-10-22(17-29(27)36-6-3)31-25-14-13-24(18-28(25)40-32(34)26(31)19-33)39-30(35)20-38-23-11-8-21(5-2)9-12-23/h8-15,17-18,31H,4-7,16,20,34H2,1-3H3. The number of fused-ring (bicyclic) bond motifs is 1. The maximum absolute atomic E-state index is 12.5. The second kappa shape index (κ2) is 13.4. The molecule has 3 aromatic carbocycles. The Labute approximate surface area is 234 Å². The van der Waals surface area contributed by atoms with Gasteiger partial charge in [-0.3, -0.25) is 0 Å². The number of hydrogen-bond acceptors (Lipinski definition) is 8. The first-order chi connectivity index (χ1) is 19.5. The van der Waals surface area contributed by atoms with Gasteiger partial charge in [-0.15, -0.1) is 0 Å². The van der Waals surface area contributed by atoms with Crippen molar-refractivity contribution in [1.82, 2.24) is 0 Å². The molecule has 2 N–H and O–H groups in total. The predicted molar refractivity (Wildman–Crippen MR) is 151 cm³/mol. The van der Waals surface area contributed by atoms with Gasteiger partial charge in [-0.25, -0.2) is 4.79 Å². The highest BCUT2D eigenvalue weighted by Crippen LogP contribution is 2.45. The van der Waals surface area contributed by atoms with E-state index in [4.69, 9.17) is 29.4 Å². The van der Waals surface area contributed by atoms with E-state index in [1.54, 1.807) is 18.2 Å². The summed E-state index contributed by atoms with van der Waals surface area (Å²) in [7, 11) is 0. The van der Waals surface area contributed by atoms with Crippen LogP contribution < -0.4 is 29.4 Å². The van der Waals surface area contributed by atoms with E-state index in [1.165, 1.54) is 5.56 Å². The number of unbranched alkanes of at least 4 members (excludes halogenated alkanes) is 1. The summed E-state index contributed by atoms with van der Waals surface area (Å²) in [6.45, 7) is 6.87. The molecule has 0 bridgehead atoms. The number of nitriles is 1. The fourth-order valence-electron chi connectivity index (χ4n) is 4.38. The second-order valence-electron chi connectivity index (χ2n) is 9.23. The quantitative estimate of drug-likeness (QED) is 0.168. The molecule has 1 heterocycles. The van der Waals surface area contributed by atoms with Crippen molar-refractivity contribution in [2.75, 3.05) is 19.8 Å². The number of ether oxygens (including phenoxy) is 5. The molecular formula is C32H34N2O6. The van der Waals surface area contributed by atoms with Crippen LogP contribution in [0.5, 0.6) is 28.7 Å². The van der Waals surface area contributed by atoms with Crippen molar-refractivity contribution in [3.05, 3.63) is 88.8 Å². The minimum Gasteiger partial charge on any atom is -0.490 e. The van der Waals surface area contributed by atoms with Crippen molar-refractivity contribution < 1.29 is 28.5 Å². The fraction of sp³-hybridized carbons (Fsp3) is 0.312. The predicted octanol–water partition coefficient (Wildman–Crippen LogP) is 6.03. The maximum Gasteiger partial charge on any atom is 0.349 e. The van der Waals surface area contributed by atoms with Crippen LogP contribution in [0.4, 0.5) is 0 Å². The fourth-order valence-corrected chi connectivity index (χ4v) is 4.38. The van der Waals surface area contributed by atoms with E-state index in [-0.39, 0.29) is 23.8 Å². The molecule has 0 aliphatic carbocycles. The number of rotatable bonds is 12. The first kappa shape index (κ1) is 28.4. The van der Waals surface area contributed by atoms with Crippen LogP contribution in [0.1, 0.15) is 56.2 Å². The molecule has 3 aromatic rings. The Hall–Kier alpha value is -4.64. The van der Waals surface area contributed by atoms with Gasteiger partial charge in [-0.2, -0.15) is 5.26 Å². The average molecular weight is 543 g/mol. The van der Waals surface area contributed by atoms with Crippen LogP contribution in [-0.2, 0) is 11.2 Å². The molecule has 0 spiro atoms. The van der Waals surface area contributed by atoms with Crippen LogP contribution in [0.2, 0.25) is 0 Å². The lowest BCUT2D eigenvalue weighted by atomic mass is 9.83. The Balaban J connectivity index is 1.55. The zero-order chi connectivity index (χ0) is 28.5. The summed E-state index contributed by atoms with van der Waals surface area (Å²) in [4.78, 5) is 12.5. The van der Waals surface area contributed by atoms with E-state index in [1.807, 2.05) is 49.4 Å². The van der Waals surface area contributed by atoms with Gasteiger partial charge in [-0.05, 0) is 61.2 Å². The van der Waals surface area contributed by atoms with E-state index < -0.39 is 11.9 Å². The molecule has 1 atom stereocenters. The molecule has 40 heavy (non-hydrogen) atoms. The number of carbonyl (C=O) groups excluding carboxylic acids is 1. The van der Waals surface area contributed by atoms with Crippen molar-refractivity contribution in [3.8, 4) is 34.8 Å². The first-order valence-electron chi connectivity index (χ1n) is 13.5. The largest absolute Gasteiger partial charge is 0.490 e. The molecule has 208 valence electrons. The molecule has 0 saturated carbocycles. The third kappa shape index (κ3) is 6.67. The summed E-state index contributed by atoms with van der Waals surface area (Å²) >= 11 is 0. The number of benzene rings is 3.